The number of hydrogen-bond acceptors (Lipinski definition) is 4. The van der Waals surface area contributed by atoms with E-state index < -0.39 is 15.8 Å². The van der Waals surface area contributed by atoms with Gasteiger partial charge in [-0.1, -0.05) is 25.4 Å². The highest BCUT2D eigenvalue weighted by molar-refractivity contribution is 7.89. The zero-order valence-electron chi connectivity index (χ0n) is 17.5. The summed E-state index contributed by atoms with van der Waals surface area (Å²) in [5.41, 5.74) is 1.66. The van der Waals surface area contributed by atoms with Crippen molar-refractivity contribution in [3.8, 4) is 0 Å². The summed E-state index contributed by atoms with van der Waals surface area (Å²) >= 11 is 5.94. The number of sulfonamides is 1. The van der Waals surface area contributed by atoms with Gasteiger partial charge in [0.15, 0.2) is 0 Å². The second-order valence-electron chi connectivity index (χ2n) is 7.00. The molecule has 31 heavy (non-hydrogen) atoms. The summed E-state index contributed by atoms with van der Waals surface area (Å²) in [7, 11) is -1.77. The Balaban J connectivity index is 1.77. The second kappa shape index (κ2) is 9.33. The van der Waals surface area contributed by atoms with Gasteiger partial charge in [0.2, 0.25) is 15.9 Å². The first-order valence-electron chi connectivity index (χ1n) is 9.87. The molecule has 3 rings (SSSR count). The summed E-state index contributed by atoms with van der Waals surface area (Å²) in [4.78, 5) is 17.0. The van der Waals surface area contributed by atoms with E-state index in [1.54, 1.807) is 32.0 Å². The molecule has 0 spiro atoms. The van der Waals surface area contributed by atoms with Crippen molar-refractivity contribution in [2.75, 3.05) is 18.4 Å². The minimum atomic E-state index is -3.58. The van der Waals surface area contributed by atoms with E-state index in [2.05, 4.69) is 10.3 Å². The number of aryl methyl sites for hydroxylation is 2. The topological polar surface area (TPSA) is 84.3 Å². The maximum absolute atomic E-state index is 13.1. The van der Waals surface area contributed by atoms with Crippen LogP contribution < -0.4 is 5.32 Å². The van der Waals surface area contributed by atoms with Crippen molar-refractivity contribution in [2.45, 2.75) is 31.6 Å². The molecule has 0 bridgehead atoms. The fraction of sp³-hybridized carbons (Fsp3) is 0.333. The number of carbonyl (C=O) groups excluding carboxylic acids is 1. The Labute approximate surface area is 185 Å². The Morgan fingerprint density at radius 1 is 1.19 bits per heavy atom. The minimum Gasteiger partial charge on any atom is -0.331 e. The molecular weight excluding hydrogens is 443 g/mol. The van der Waals surface area contributed by atoms with Crippen LogP contribution in [-0.4, -0.2) is 41.3 Å². The Morgan fingerprint density at radius 2 is 1.90 bits per heavy atom. The SMILES string of the molecule is CCN(CC)S(=O)(=O)c1ccc2c(c1)nc(CCC(=O)Nc1ccc(F)cc1Cl)n2C. The number of hydrogen-bond donors (Lipinski definition) is 1. The minimum absolute atomic E-state index is 0.123. The first kappa shape index (κ1) is 23.2. The zero-order valence-corrected chi connectivity index (χ0v) is 19.1. The Hall–Kier alpha value is -2.49. The molecule has 0 aliphatic heterocycles. The first-order chi connectivity index (χ1) is 14.7. The lowest BCUT2D eigenvalue weighted by atomic mass is 10.2. The van der Waals surface area contributed by atoms with Gasteiger partial charge in [-0.3, -0.25) is 4.79 Å². The van der Waals surface area contributed by atoms with E-state index in [4.69, 9.17) is 11.6 Å². The predicted octanol–water partition coefficient (Wildman–Crippen LogP) is 3.97. The van der Waals surface area contributed by atoms with Gasteiger partial charge in [-0.25, -0.2) is 17.8 Å². The van der Waals surface area contributed by atoms with Crippen molar-refractivity contribution in [1.82, 2.24) is 13.9 Å². The molecule has 0 atom stereocenters. The van der Waals surface area contributed by atoms with Gasteiger partial charge >= 0.3 is 0 Å². The first-order valence-corrected chi connectivity index (χ1v) is 11.7. The highest BCUT2D eigenvalue weighted by Gasteiger charge is 2.22. The van der Waals surface area contributed by atoms with Gasteiger partial charge in [0, 0.05) is 33.0 Å². The van der Waals surface area contributed by atoms with Crippen LogP contribution in [0.1, 0.15) is 26.1 Å². The van der Waals surface area contributed by atoms with E-state index in [0.29, 0.717) is 36.5 Å². The summed E-state index contributed by atoms with van der Waals surface area (Å²) in [6.45, 7) is 4.36. The number of carbonyl (C=O) groups is 1. The average Bonchev–Trinajstić information content (AvgIpc) is 3.04. The zero-order chi connectivity index (χ0) is 22.8. The predicted molar refractivity (Wildman–Crippen MR) is 119 cm³/mol. The number of nitrogens with one attached hydrogen (secondary N) is 1. The highest BCUT2D eigenvalue weighted by Crippen LogP contribution is 2.24. The molecule has 166 valence electrons. The van der Waals surface area contributed by atoms with Crippen LogP contribution in [0, 0.1) is 5.82 Å². The van der Waals surface area contributed by atoms with Crippen LogP contribution in [0.2, 0.25) is 5.02 Å². The van der Waals surface area contributed by atoms with Crippen LogP contribution in [-0.2, 0) is 28.3 Å². The monoisotopic (exact) mass is 466 g/mol. The van der Waals surface area contributed by atoms with Crippen molar-refractivity contribution in [1.29, 1.82) is 0 Å². The van der Waals surface area contributed by atoms with Crippen molar-refractivity contribution >= 4 is 44.3 Å². The Kier molecular flexibility index (Phi) is 6.98. The van der Waals surface area contributed by atoms with E-state index in [1.165, 1.54) is 16.4 Å². The average molecular weight is 467 g/mol. The van der Waals surface area contributed by atoms with Crippen molar-refractivity contribution in [2.24, 2.45) is 7.05 Å². The van der Waals surface area contributed by atoms with Crippen molar-refractivity contribution < 1.29 is 17.6 Å². The van der Waals surface area contributed by atoms with Gasteiger partial charge in [-0.05, 0) is 36.4 Å². The number of halogens is 2. The second-order valence-corrected chi connectivity index (χ2v) is 9.34. The normalized spacial score (nSPS) is 11.9. The molecule has 0 radical (unpaired) electrons. The lowest BCUT2D eigenvalue weighted by molar-refractivity contribution is -0.116. The quantitative estimate of drug-likeness (QED) is 0.544. The highest BCUT2D eigenvalue weighted by atomic mass is 35.5. The number of amides is 1. The van der Waals surface area contributed by atoms with Crippen molar-refractivity contribution in [3.63, 3.8) is 0 Å². The number of aromatic nitrogens is 2. The molecule has 3 aromatic rings. The van der Waals surface area contributed by atoms with E-state index in [-0.39, 0.29) is 22.2 Å². The van der Waals surface area contributed by atoms with E-state index in [1.807, 2.05) is 11.6 Å². The smallest absolute Gasteiger partial charge is 0.243 e. The molecule has 2 aromatic carbocycles. The van der Waals surface area contributed by atoms with Gasteiger partial charge in [0.1, 0.15) is 11.6 Å². The number of anilines is 1. The molecule has 1 amide bonds. The fourth-order valence-electron chi connectivity index (χ4n) is 3.36. The molecular formula is C21H24ClFN4O3S. The maximum atomic E-state index is 13.1. The maximum Gasteiger partial charge on any atom is 0.243 e. The molecule has 7 nitrogen and oxygen atoms in total. The Bertz CT molecular complexity index is 1220. The van der Waals surface area contributed by atoms with Crippen molar-refractivity contribution in [3.05, 3.63) is 53.1 Å². The summed E-state index contributed by atoms with van der Waals surface area (Å²) < 4.78 is 41.9. The van der Waals surface area contributed by atoms with Gasteiger partial charge in [0.05, 0.1) is 26.6 Å². The molecule has 1 heterocycles. The van der Waals surface area contributed by atoms with Crippen LogP contribution in [0.15, 0.2) is 41.3 Å². The summed E-state index contributed by atoms with van der Waals surface area (Å²) in [6, 6.07) is 8.61. The van der Waals surface area contributed by atoms with Crippen LogP contribution in [0.5, 0.6) is 0 Å². The molecule has 0 saturated heterocycles. The van der Waals surface area contributed by atoms with E-state index >= 15 is 0 Å². The van der Waals surface area contributed by atoms with Gasteiger partial charge in [-0.15, -0.1) is 0 Å². The molecule has 1 aromatic heterocycles. The van der Waals surface area contributed by atoms with Crippen LogP contribution in [0.25, 0.3) is 11.0 Å². The Morgan fingerprint density at radius 3 is 2.55 bits per heavy atom. The standard InChI is InChI=1S/C21H24ClFN4O3S/c1-4-27(5-2)31(29,30)15-7-9-19-18(13-15)24-20(26(19)3)10-11-21(28)25-17-8-6-14(23)12-16(17)22/h6-9,12-13H,4-5,10-11H2,1-3H3,(H,25,28). The molecule has 0 saturated carbocycles. The van der Waals surface area contributed by atoms with Crippen LogP contribution in [0.4, 0.5) is 10.1 Å². The molecule has 10 heteroatoms. The molecule has 0 unspecified atom stereocenters. The fourth-order valence-corrected chi connectivity index (χ4v) is 5.05. The molecule has 1 N–H and O–H groups in total. The lowest BCUT2D eigenvalue weighted by Gasteiger charge is -2.18. The van der Waals surface area contributed by atoms with Gasteiger partial charge in [0.25, 0.3) is 0 Å². The molecule has 0 aliphatic carbocycles. The van der Waals surface area contributed by atoms with E-state index in [9.17, 15) is 17.6 Å². The number of benzene rings is 2. The number of fused-ring (bicyclic) bond motifs is 1. The summed E-state index contributed by atoms with van der Waals surface area (Å²) in [6.07, 6.45) is 0.476. The van der Waals surface area contributed by atoms with E-state index in [0.717, 1.165) is 11.6 Å². The number of rotatable bonds is 8. The third-order valence-electron chi connectivity index (χ3n) is 5.07. The third-order valence-corrected chi connectivity index (χ3v) is 7.43. The summed E-state index contributed by atoms with van der Waals surface area (Å²) in [5.74, 6) is -0.122. The van der Waals surface area contributed by atoms with Gasteiger partial charge in [-0.2, -0.15) is 4.31 Å². The number of nitrogens with zero attached hydrogens (tertiary/aromatic N) is 3. The summed E-state index contributed by atoms with van der Waals surface area (Å²) in [5, 5.41) is 2.78. The van der Waals surface area contributed by atoms with Gasteiger partial charge < -0.3 is 9.88 Å². The molecule has 0 aliphatic rings. The van der Waals surface area contributed by atoms with Crippen LogP contribution >= 0.6 is 11.6 Å². The number of imidazole rings is 1. The van der Waals surface area contributed by atoms with Crippen LogP contribution in [0.3, 0.4) is 0 Å². The third kappa shape index (κ3) is 4.89. The largest absolute Gasteiger partial charge is 0.331 e. The lowest BCUT2D eigenvalue weighted by Crippen LogP contribution is -2.30. The molecule has 0 fully saturated rings.